The van der Waals surface area contributed by atoms with E-state index in [0.717, 1.165) is 53.4 Å². The first-order chi connectivity index (χ1) is 24.8. The number of unbranched alkanes of at least 4 members (excludes halogenated alkanes) is 1. The molecule has 1 heterocycles. The minimum Gasteiger partial charge on any atom is -0.346 e. The highest BCUT2D eigenvalue weighted by Gasteiger charge is 2.36. The quantitative estimate of drug-likeness (QED) is 0.0846. The molecule has 1 aromatic heterocycles. The highest BCUT2D eigenvalue weighted by Crippen LogP contribution is 2.33. The molecule has 0 aliphatic heterocycles. The van der Waals surface area contributed by atoms with Crippen LogP contribution in [-0.2, 0) is 25.6 Å². The molecule has 0 unspecified atom stereocenters. The van der Waals surface area contributed by atoms with E-state index in [1.807, 2.05) is 78.9 Å². The lowest BCUT2D eigenvalue weighted by Crippen LogP contribution is -2.49. The van der Waals surface area contributed by atoms with Crippen LogP contribution in [0.15, 0.2) is 78.9 Å². The van der Waals surface area contributed by atoms with Crippen LogP contribution in [0.1, 0.15) is 93.3 Å². The summed E-state index contributed by atoms with van der Waals surface area (Å²) in [5, 5.41) is 7.69. The van der Waals surface area contributed by atoms with Gasteiger partial charge in [0, 0.05) is 31.6 Å². The lowest BCUT2D eigenvalue weighted by molar-refractivity contribution is -0.135. The number of carbonyl (C=O) groups excluding carboxylic acids is 4. The smallest absolute Gasteiger partial charge is 0.224 e. The van der Waals surface area contributed by atoms with Gasteiger partial charge in [-0.3, -0.25) is 19.2 Å². The van der Waals surface area contributed by atoms with Crippen molar-refractivity contribution in [2.75, 3.05) is 6.54 Å². The summed E-state index contributed by atoms with van der Waals surface area (Å²) >= 11 is 7.83. The van der Waals surface area contributed by atoms with E-state index < -0.39 is 17.9 Å². The van der Waals surface area contributed by atoms with Gasteiger partial charge in [0.15, 0.2) is 5.78 Å². The fraction of sp³-hybridized carbons (Fsp3) is 0.439. The van der Waals surface area contributed by atoms with Crippen molar-refractivity contribution in [1.82, 2.24) is 15.6 Å². The van der Waals surface area contributed by atoms with E-state index in [9.17, 15) is 19.2 Å². The molecule has 3 aromatic carbocycles. The predicted molar refractivity (Wildman–Crippen MR) is 205 cm³/mol. The van der Waals surface area contributed by atoms with Crippen molar-refractivity contribution in [3.8, 4) is 0 Å². The lowest BCUT2D eigenvalue weighted by Gasteiger charge is -2.28. The van der Waals surface area contributed by atoms with Gasteiger partial charge in [0.05, 0.1) is 38.2 Å². The minimum atomic E-state index is -0.743. The first-order valence-corrected chi connectivity index (χ1v) is 19.5. The maximum absolute atomic E-state index is 14.3. The van der Waals surface area contributed by atoms with Gasteiger partial charge in [0.1, 0.15) is 5.78 Å². The SMILES string of the molecule is CCC(=O)C[C@@H](Cc1nc2cccc(Cl)c2s1)C(=O)N[C@H](C(=O)C[C@@H](CCCCN)C(=O)NC(c1ccccc1)c1ccccc1)C1CCCC1. The maximum Gasteiger partial charge on any atom is 0.224 e. The van der Waals surface area contributed by atoms with E-state index in [1.165, 1.54) is 11.3 Å². The summed E-state index contributed by atoms with van der Waals surface area (Å²) in [5.41, 5.74) is 8.47. The van der Waals surface area contributed by atoms with Crippen LogP contribution < -0.4 is 16.4 Å². The number of benzene rings is 3. The predicted octanol–water partition coefficient (Wildman–Crippen LogP) is 7.76. The number of halogens is 1. The average molecular weight is 729 g/mol. The highest BCUT2D eigenvalue weighted by molar-refractivity contribution is 7.19. The summed E-state index contributed by atoms with van der Waals surface area (Å²) in [6.45, 7) is 2.29. The monoisotopic (exact) mass is 728 g/mol. The zero-order valence-corrected chi connectivity index (χ0v) is 30.9. The van der Waals surface area contributed by atoms with Crippen molar-refractivity contribution in [3.63, 3.8) is 0 Å². The number of nitrogens with zero attached hydrogens (tertiary/aromatic N) is 1. The largest absolute Gasteiger partial charge is 0.346 e. The number of amides is 2. The van der Waals surface area contributed by atoms with E-state index in [-0.39, 0.29) is 54.6 Å². The van der Waals surface area contributed by atoms with Crippen LogP contribution in [0.2, 0.25) is 5.02 Å². The van der Waals surface area contributed by atoms with E-state index in [4.69, 9.17) is 22.3 Å². The van der Waals surface area contributed by atoms with Crippen molar-refractivity contribution >= 4 is 56.5 Å². The molecule has 10 heteroatoms. The standard InChI is InChI=1S/C41H49ClN4O4S/c1-2-32(47)24-31(26-36-44-34-22-13-21-33(42)39(34)51-36)41(50)46-38(29-18-9-10-19-29)35(48)25-30(20-11-12-23-43)40(49)45-37(27-14-5-3-6-15-27)28-16-7-4-8-17-28/h3-8,13-17,21-22,29-31,37-38H,2,9-12,18-20,23-26,43H2,1H3,(H,45,49)(H,46,50)/t30-,31+,38+/m1/s1. The van der Waals surface area contributed by atoms with Crippen LogP contribution in [0.5, 0.6) is 0 Å². The Morgan fingerprint density at radius 1 is 0.843 bits per heavy atom. The number of fused-ring (bicyclic) bond motifs is 1. The van der Waals surface area contributed by atoms with E-state index in [1.54, 1.807) is 6.92 Å². The Bertz CT molecular complexity index is 1720. The lowest BCUT2D eigenvalue weighted by atomic mass is 9.86. The molecule has 0 radical (unpaired) electrons. The van der Waals surface area contributed by atoms with E-state index in [2.05, 4.69) is 10.6 Å². The number of aromatic nitrogens is 1. The van der Waals surface area contributed by atoms with Gasteiger partial charge in [-0.1, -0.05) is 105 Å². The zero-order valence-electron chi connectivity index (χ0n) is 29.3. The number of ketones is 2. The number of nitrogens with two attached hydrogens (primary N) is 1. The summed E-state index contributed by atoms with van der Waals surface area (Å²) in [6, 6.07) is 24.0. The molecule has 8 nitrogen and oxygen atoms in total. The van der Waals surface area contributed by atoms with Crippen molar-refractivity contribution in [2.45, 2.75) is 89.6 Å². The van der Waals surface area contributed by atoms with Crippen molar-refractivity contribution in [2.24, 2.45) is 23.5 Å². The maximum atomic E-state index is 14.3. The number of nitrogens with one attached hydrogen (secondary N) is 2. The van der Waals surface area contributed by atoms with Gasteiger partial charge < -0.3 is 16.4 Å². The number of carbonyl (C=O) groups is 4. The van der Waals surface area contributed by atoms with Gasteiger partial charge in [0.2, 0.25) is 11.8 Å². The van der Waals surface area contributed by atoms with Gasteiger partial charge >= 0.3 is 0 Å². The molecule has 1 aliphatic rings. The molecule has 5 rings (SSSR count). The first-order valence-electron chi connectivity index (χ1n) is 18.3. The van der Waals surface area contributed by atoms with Crippen molar-refractivity contribution in [3.05, 3.63) is 100 Å². The van der Waals surface area contributed by atoms with Gasteiger partial charge in [-0.25, -0.2) is 4.98 Å². The summed E-state index contributed by atoms with van der Waals surface area (Å²) < 4.78 is 0.842. The average Bonchev–Trinajstić information content (AvgIpc) is 3.84. The Labute approximate surface area is 309 Å². The van der Waals surface area contributed by atoms with Crippen molar-refractivity contribution < 1.29 is 19.2 Å². The number of hydrogen-bond donors (Lipinski definition) is 3. The fourth-order valence-corrected chi connectivity index (χ4v) is 8.43. The van der Waals surface area contributed by atoms with Crippen LogP contribution in [0, 0.1) is 17.8 Å². The second-order valence-corrected chi connectivity index (χ2v) is 15.1. The van der Waals surface area contributed by atoms with Crippen LogP contribution in [0.25, 0.3) is 10.2 Å². The summed E-state index contributed by atoms with van der Waals surface area (Å²) in [4.78, 5) is 60.0. The van der Waals surface area contributed by atoms with Gasteiger partial charge in [-0.15, -0.1) is 11.3 Å². The molecule has 0 saturated heterocycles. The molecule has 270 valence electrons. The molecule has 3 atom stereocenters. The molecule has 1 saturated carbocycles. The van der Waals surface area contributed by atoms with E-state index in [0.29, 0.717) is 35.8 Å². The second kappa shape index (κ2) is 19.1. The van der Waals surface area contributed by atoms with Crippen LogP contribution in [0.3, 0.4) is 0 Å². The molecule has 4 aromatic rings. The Morgan fingerprint density at radius 2 is 1.49 bits per heavy atom. The molecular weight excluding hydrogens is 680 g/mol. The molecule has 1 aliphatic carbocycles. The third-order valence-electron chi connectivity index (χ3n) is 9.96. The van der Waals surface area contributed by atoms with Gasteiger partial charge in [0.25, 0.3) is 0 Å². The summed E-state index contributed by atoms with van der Waals surface area (Å²) in [7, 11) is 0. The minimum absolute atomic E-state index is 0.00305. The molecule has 1 fully saturated rings. The second-order valence-electron chi connectivity index (χ2n) is 13.6. The van der Waals surface area contributed by atoms with Crippen LogP contribution >= 0.6 is 22.9 Å². The molecule has 2 amide bonds. The number of hydrogen-bond acceptors (Lipinski definition) is 7. The number of rotatable bonds is 19. The molecule has 4 N–H and O–H groups in total. The van der Waals surface area contributed by atoms with Crippen LogP contribution in [-0.4, -0.2) is 41.0 Å². The normalized spacial score (nSPS) is 15.1. The molecular formula is C41H49ClN4O4S. The third kappa shape index (κ3) is 10.6. The Balaban J connectivity index is 1.36. The summed E-state index contributed by atoms with van der Waals surface area (Å²) in [5.74, 6) is -2.01. The fourth-order valence-electron chi connectivity index (χ4n) is 7.10. The van der Waals surface area contributed by atoms with E-state index >= 15 is 0 Å². The summed E-state index contributed by atoms with van der Waals surface area (Å²) in [6.07, 6.45) is 6.18. The molecule has 51 heavy (non-hydrogen) atoms. The Morgan fingerprint density at radius 3 is 2.10 bits per heavy atom. The number of thiazole rings is 1. The van der Waals surface area contributed by atoms with Crippen molar-refractivity contribution in [1.29, 1.82) is 0 Å². The Kier molecular flexibility index (Phi) is 14.3. The third-order valence-corrected chi connectivity index (χ3v) is 11.5. The highest BCUT2D eigenvalue weighted by atomic mass is 35.5. The topological polar surface area (TPSA) is 131 Å². The molecule has 0 bridgehead atoms. The zero-order chi connectivity index (χ0) is 36.2. The van der Waals surface area contributed by atoms with Gasteiger partial charge in [-0.2, -0.15) is 0 Å². The first kappa shape index (κ1) is 38.3. The van der Waals surface area contributed by atoms with Crippen LogP contribution in [0.4, 0.5) is 0 Å². The van der Waals surface area contributed by atoms with Gasteiger partial charge in [-0.05, 0) is 61.4 Å². The Hall–Kier alpha value is -3.92. The number of Topliss-reactive ketones (excluding diaryl/α,β-unsaturated/α-hetero) is 2. The molecule has 0 spiro atoms.